The van der Waals surface area contributed by atoms with E-state index in [4.69, 9.17) is 0 Å². The fraction of sp³-hybridized carbons (Fsp3) is 0.611. The molecule has 4 rings (SSSR count). The van der Waals surface area contributed by atoms with Gasteiger partial charge >= 0.3 is 0 Å². The summed E-state index contributed by atoms with van der Waals surface area (Å²) in [5, 5.41) is 2.72. The Morgan fingerprint density at radius 1 is 1.21 bits per heavy atom. The molecule has 0 saturated carbocycles. The van der Waals surface area contributed by atoms with Crippen LogP contribution in [-0.4, -0.2) is 58.3 Å². The number of rotatable bonds is 2. The van der Waals surface area contributed by atoms with Crippen LogP contribution in [0.5, 0.6) is 0 Å². The number of carbonyl (C=O) groups excluding carboxylic acids is 2. The molecule has 6 nitrogen and oxygen atoms in total. The van der Waals surface area contributed by atoms with Crippen molar-refractivity contribution in [1.29, 1.82) is 0 Å². The van der Waals surface area contributed by atoms with E-state index in [1.807, 2.05) is 4.90 Å². The average molecular weight is 328 g/mol. The smallest absolute Gasteiger partial charge is 0.254 e. The molecule has 2 amide bonds. The molecule has 0 radical (unpaired) electrons. The highest BCUT2D eigenvalue weighted by Gasteiger charge is 2.38. The lowest BCUT2D eigenvalue weighted by molar-refractivity contribution is -0.115. The van der Waals surface area contributed by atoms with Gasteiger partial charge in [-0.1, -0.05) is 0 Å². The van der Waals surface area contributed by atoms with Crippen molar-refractivity contribution >= 4 is 17.6 Å². The summed E-state index contributed by atoms with van der Waals surface area (Å²) in [6.45, 7) is 6.29. The van der Waals surface area contributed by atoms with Crippen molar-refractivity contribution < 1.29 is 9.59 Å². The van der Waals surface area contributed by atoms with Crippen LogP contribution in [0.15, 0.2) is 12.3 Å². The highest BCUT2D eigenvalue weighted by atomic mass is 16.2. The molecule has 3 aliphatic rings. The van der Waals surface area contributed by atoms with Crippen molar-refractivity contribution in [2.45, 2.75) is 44.6 Å². The van der Waals surface area contributed by atoms with Gasteiger partial charge in [0.25, 0.3) is 5.91 Å². The first-order valence-electron chi connectivity index (χ1n) is 8.89. The van der Waals surface area contributed by atoms with E-state index in [0.717, 1.165) is 31.5 Å². The molecule has 0 unspecified atom stereocenters. The largest absolute Gasteiger partial charge is 0.338 e. The number of carbonyl (C=O) groups is 2. The third-order valence-corrected chi connectivity index (χ3v) is 5.88. The number of amides is 2. The number of pyridine rings is 1. The molecule has 0 aliphatic carbocycles. The van der Waals surface area contributed by atoms with Crippen LogP contribution in [0.25, 0.3) is 0 Å². The monoisotopic (exact) mass is 328 g/mol. The predicted molar refractivity (Wildman–Crippen MR) is 90.9 cm³/mol. The second kappa shape index (κ2) is 5.84. The Balaban J connectivity index is 1.48. The number of aromatic nitrogens is 1. The molecule has 0 bridgehead atoms. The van der Waals surface area contributed by atoms with Gasteiger partial charge in [0, 0.05) is 36.0 Å². The fourth-order valence-electron chi connectivity index (χ4n) is 4.25. The zero-order chi connectivity index (χ0) is 16.7. The summed E-state index contributed by atoms with van der Waals surface area (Å²) in [6, 6.07) is 1.75. The van der Waals surface area contributed by atoms with Gasteiger partial charge in [-0.25, -0.2) is 4.98 Å². The molecule has 6 heteroatoms. The summed E-state index contributed by atoms with van der Waals surface area (Å²) in [4.78, 5) is 33.2. The molecule has 0 atom stereocenters. The molecule has 2 fully saturated rings. The van der Waals surface area contributed by atoms with Crippen LogP contribution >= 0.6 is 0 Å². The molecular formula is C18H24N4O2. The third kappa shape index (κ3) is 2.59. The minimum absolute atomic E-state index is 0.0358. The lowest BCUT2D eigenvalue weighted by atomic mass is 9.87. The van der Waals surface area contributed by atoms with Crippen LogP contribution in [0, 0.1) is 0 Å². The number of anilines is 1. The zero-order valence-electron chi connectivity index (χ0n) is 14.2. The molecule has 128 valence electrons. The van der Waals surface area contributed by atoms with Gasteiger partial charge in [-0.05, 0) is 51.8 Å². The predicted octanol–water partition coefficient (Wildman–Crippen LogP) is 1.67. The Labute approximate surface area is 142 Å². The highest BCUT2D eigenvalue weighted by molar-refractivity contribution is 6.04. The first-order chi connectivity index (χ1) is 11.6. The van der Waals surface area contributed by atoms with Crippen molar-refractivity contribution in [2.75, 3.05) is 31.5 Å². The topological polar surface area (TPSA) is 65.5 Å². The van der Waals surface area contributed by atoms with Gasteiger partial charge in [0.05, 0.1) is 6.42 Å². The van der Waals surface area contributed by atoms with Crippen molar-refractivity contribution in [3.8, 4) is 0 Å². The fourth-order valence-corrected chi connectivity index (χ4v) is 4.25. The third-order valence-electron chi connectivity index (χ3n) is 5.88. The summed E-state index contributed by atoms with van der Waals surface area (Å²) >= 11 is 0. The van der Waals surface area contributed by atoms with Crippen molar-refractivity contribution in [1.82, 2.24) is 14.8 Å². The second-order valence-corrected chi connectivity index (χ2v) is 7.39. The van der Waals surface area contributed by atoms with Gasteiger partial charge in [0.15, 0.2) is 0 Å². The minimum atomic E-state index is -0.0852. The second-order valence-electron chi connectivity index (χ2n) is 7.39. The summed E-state index contributed by atoms with van der Waals surface area (Å²) in [7, 11) is 0. The normalized spacial score (nSPS) is 23.2. The minimum Gasteiger partial charge on any atom is -0.338 e. The summed E-state index contributed by atoms with van der Waals surface area (Å²) in [5.41, 5.74) is 1.61. The Morgan fingerprint density at radius 2 is 1.92 bits per heavy atom. The van der Waals surface area contributed by atoms with Gasteiger partial charge in [-0.3, -0.25) is 14.5 Å². The number of piperidine rings is 1. The van der Waals surface area contributed by atoms with E-state index in [0.29, 0.717) is 11.4 Å². The van der Waals surface area contributed by atoms with Gasteiger partial charge < -0.3 is 10.2 Å². The van der Waals surface area contributed by atoms with E-state index in [2.05, 4.69) is 22.1 Å². The number of hydrogen-bond donors (Lipinski definition) is 1. The van der Waals surface area contributed by atoms with Crippen molar-refractivity contribution in [2.24, 2.45) is 0 Å². The van der Waals surface area contributed by atoms with Crippen LogP contribution < -0.4 is 5.32 Å². The maximum absolute atomic E-state index is 12.9. The number of likely N-dealkylation sites (tertiary alicyclic amines) is 2. The lowest BCUT2D eigenvalue weighted by Gasteiger charge is -2.45. The van der Waals surface area contributed by atoms with E-state index in [1.54, 1.807) is 12.3 Å². The number of fused-ring (bicyclic) bond motifs is 1. The molecule has 1 N–H and O–H groups in total. The van der Waals surface area contributed by atoms with E-state index >= 15 is 0 Å². The number of hydrogen-bond acceptors (Lipinski definition) is 4. The molecular weight excluding hydrogens is 304 g/mol. The van der Waals surface area contributed by atoms with Crippen molar-refractivity contribution in [3.05, 3.63) is 23.4 Å². The first-order valence-corrected chi connectivity index (χ1v) is 8.89. The van der Waals surface area contributed by atoms with Crippen LogP contribution in [0.2, 0.25) is 0 Å². The van der Waals surface area contributed by atoms with Crippen LogP contribution in [0.1, 0.15) is 48.5 Å². The molecule has 1 aromatic heterocycles. The van der Waals surface area contributed by atoms with E-state index < -0.39 is 0 Å². The molecule has 0 aromatic carbocycles. The zero-order valence-corrected chi connectivity index (χ0v) is 14.2. The van der Waals surface area contributed by atoms with E-state index in [1.165, 1.54) is 25.9 Å². The van der Waals surface area contributed by atoms with Gasteiger partial charge in [-0.15, -0.1) is 0 Å². The highest BCUT2D eigenvalue weighted by Crippen LogP contribution is 2.33. The Bertz CT molecular complexity index is 674. The molecule has 4 heterocycles. The van der Waals surface area contributed by atoms with Gasteiger partial charge in [0.1, 0.15) is 5.82 Å². The Hall–Kier alpha value is -1.95. The van der Waals surface area contributed by atoms with Crippen LogP contribution in [0.3, 0.4) is 0 Å². The summed E-state index contributed by atoms with van der Waals surface area (Å²) in [6.07, 6.45) is 6.48. The molecule has 2 saturated heterocycles. The molecule has 3 aliphatic heterocycles. The summed E-state index contributed by atoms with van der Waals surface area (Å²) in [5.74, 6) is 0.497. The Kier molecular flexibility index (Phi) is 3.79. The van der Waals surface area contributed by atoms with Crippen LogP contribution in [-0.2, 0) is 11.2 Å². The lowest BCUT2D eigenvalue weighted by Crippen LogP contribution is -2.53. The van der Waals surface area contributed by atoms with E-state index in [-0.39, 0.29) is 23.8 Å². The molecule has 24 heavy (non-hydrogen) atoms. The summed E-state index contributed by atoms with van der Waals surface area (Å²) < 4.78 is 0. The van der Waals surface area contributed by atoms with Gasteiger partial charge in [-0.2, -0.15) is 0 Å². The van der Waals surface area contributed by atoms with E-state index in [9.17, 15) is 9.59 Å². The maximum atomic E-state index is 12.9. The number of nitrogens with one attached hydrogen (secondary N) is 1. The standard InChI is InChI=1S/C18H24N4O2/c1-18(22-8-2-3-9-22)5-10-21(11-6-18)17(24)13-4-7-19-16-14(13)12-15(23)20-16/h4,7H,2-3,5-6,8-12H2,1H3,(H,19,20,23). The van der Waals surface area contributed by atoms with Gasteiger partial charge in [0.2, 0.25) is 5.91 Å². The number of nitrogens with zero attached hydrogens (tertiary/aromatic N) is 3. The maximum Gasteiger partial charge on any atom is 0.254 e. The quantitative estimate of drug-likeness (QED) is 0.897. The first kappa shape index (κ1) is 15.6. The Morgan fingerprint density at radius 3 is 2.62 bits per heavy atom. The van der Waals surface area contributed by atoms with Crippen molar-refractivity contribution in [3.63, 3.8) is 0 Å². The molecule has 1 aromatic rings. The SMILES string of the molecule is CC1(N2CCCC2)CCN(C(=O)c2ccnc3c2CC(=O)N3)CC1. The molecule has 0 spiro atoms. The van der Waals surface area contributed by atoms with Crippen LogP contribution in [0.4, 0.5) is 5.82 Å². The average Bonchev–Trinajstić information content (AvgIpc) is 3.23.